The Morgan fingerprint density at radius 1 is 1.28 bits per heavy atom. The number of nitrogens with two attached hydrogens (primary N) is 1. The first-order valence-electron chi connectivity index (χ1n) is 6.60. The van der Waals surface area contributed by atoms with Gasteiger partial charge in [0.25, 0.3) is 0 Å². The highest BCUT2D eigenvalue weighted by atomic mass is 16.1. The third kappa shape index (κ3) is 3.66. The Morgan fingerprint density at radius 3 is 2.61 bits per heavy atom. The molecule has 0 aliphatic carbocycles. The van der Waals surface area contributed by atoms with E-state index in [1.54, 1.807) is 12.4 Å². The molecule has 0 amide bonds. The topological polar surface area (TPSA) is 65.4 Å². The van der Waals surface area contributed by atoms with E-state index in [1.165, 1.54) is 0 Å². The number of Topliss-reactive ketones (excluding diaryl/α,β-unsaturated/α-hetero) is 1. The van der Waals surface area contributed by atoms with Crippen molar-refractivity contribution in [3.63, 3.8) is 0 Å². The standard InChI is InChI=1S/C13H22N4O/c14-3-1-5-16-6-8-17(9-7-16)11-13(18)12-2-4-15-10-12/h2,4,10,15H,1,3,5-9,11,14H2. The van der Waals surface area contributed by atoms with E-state index in [0.29, 0.717) is 6.54 Å². The number of rotatable bonds is 6. The van der Waals surface area contributed by atoms with Gasteiger partial charge in [-0.15, -0.1) is 0 Å². The Morgan fingerprint density at radius 2 is 2.00 bits per heavy atom. The molecule has 0 atom stereocenters. The summed E-state index contributed by atoms with van der Waals surface area (Å²) in [7, 11) is 0. The fraction of sp³-hybridized carbons (Fsp3) is 0.615. The van der Waals surface area contributed by atoms with Crippen molar-refractivity contribution in [2.45, 2.75) is 6.42 Å². The molecular weight excluding hydrogens is 228 g/mol. The van der Waals surface area contributed by atoms with Crippen LogP contribution in [0.2, 0.25) is 0 Å². The van der Waals surface area contributed by atoms with E-state index in [0.717, 1.165) is 51.3 Å². The van der Waals surface area contributed by atoms with Crippen molar-refractivity contribution < 1.29 is 4.79 Å². The molecule has 1 fully saturated rings. The van der Waals surface area contributed by atoms with Gasteiger partial charge < -0.3 is 15.6 Å². The highest BCUT2D eigenvalue weighted by Gasteiger charge is 2.19. The van der Waals surface area contributed by atoms with Gasteiger partial charge in [-0.05, 0) is 25.6 Å². The molecule has 18 heavy (non-hydrogen) atoms. The highest BCUT2D eigenvalue weighted by Crippen LogP contribution is 2.05. The second-order valence-corrected chi connectivity index (χ2v) is 4.78. The van der Waals surface area contributed by atoms with Crippen molar-refractivity contribution in [3.05, 3.63) is 24.0 Å². The van der Waals surface area contributed by atoms with Gasteiger partial charge in [-0.1, -0.05) is 0 Å². The number of nitrogens with zero attached hydrogens (tertiary/aromatic N) is 2. The average Bonchev–Trinajstić information content (AvgIpc) is 2.92. The van der Waals surface area contributed by atoms with Crippen molar-refractivity contribution in [3.8, 4) is 0 Å². The minimum atomic E-state index is 0.201. The molecule has 5 heteroatoms. The van der Waals surface area contributed by atoms with Gasteiger partial charge in [0.15, 0.2) is 5.78 Å². The molecule has 2 rings (SSSR count). The summed E-state index contributed by atoms with van der Waals surface area (Å²) in [6, 6.07) is 1.83. The van der Waals surface area contributed by atoms with Gasteiger partial charge in [-0.25, -0.2) is 0 Å². The second kappa shape index (κ2) is 6.68. The van der Waals surface area contributed by atoms with Crippen LogP contribution in [0.1, 0.15) is 16.8 Å². The first-order chi connectivity index (χ1) is 8.79. The first kappa shape index (κ1) is 13.3. The maximum absolute atomic E-state index is 11.9. The van der Waals surface area contributed by atoms with E-state index in [1.807, 2.05) is 6.07 Å². The number of hydrogen-bond donors (Lipinski definition) is 2. The maximum atomic E-state index is 11.9. The zero-order valence-electron chi connectivity index (χ0n) is 10.8. The van der Waals surface area contributed by atoms with Crippen LogP contribution in [0.15, 0.2) is 18.5 Å². The van der Waals surface area contributed by atoms with E-state index in [-0.39, 0.29) is 5.78 Å². The molecule has 0 saturated carbocycles. The maximum Gasteiger partial charge on any atom is 0.178 e. The number of carbonyl (C=O) groups excluding carboxylic acids is 1. The fourth-order valence-corrected chi connectivity index (χ4v) is 2.28. The van der Waals surface area contributed by atoms with Crippen LogP contribution in [0.3, 0.4) is 0 Å². The van der Waals surface area contributed by atoms with E-state index in [9.17, 15) is 4.79 Å². The molecule has 100 valence electrons. The van der Waals surface area contributed by atoms with Crippen molar-refractivity contribution in [1.29, 1.82) is 0 Å². The van der Waals surface area contributed by atoms with Crippen LogP contribution in [-0.2, 0) is 0 Å². The molecule has 0 aromatic carbocycles. The SMILES string of the molecule is NCCCN1CCN(CC(=O)c2cc[nH]c2)CC1. The largest absolute Gasteiger partial charge is 0.367 e. The number of H-pyrrole nitrogens is 1. The quantitative estimate of drug-likeness (QED) is 0.706. The van der Waals surface area contributed by atoms with E-state index >= 15 is 0 Å². The summed E-state index contributed by atoms with van der Waals surface area (Å²) in [5, 5.41) is 0. The summed E-state index contributed by atoms with van der Waals surface area (Å²) in [6.45, 7) is 6.40. The Hall–Kier alpha value is -1.17. The summed E-state index contributed by atoms with van der Waals surface area (Å²) in [6.07, 6.45) is 4.61. The van der Waals surface area contributed by atoms with Crippen molar-refractivity contribution >= 4 is 5.78 Å². The second-order valence-electron chi connectivity index (χ2n) is 4.78. The van der Waals surface area contributed by atoms with Gasteiger partial charge in [-0.2, -0.15) is 0 Å². The monoisotopic (exact) mass is 250 g/mol. The number of piperazine rings is 1. The molecule has 1 saturated heterocycles. The van der Waals surface area contributed by atoms with Crippen molar-refractivity contribution in [2.75, 3.05) is 45.8 Å². The summed E-state index contributed by atoms with van der Waals surface area (Å²) < 4.78 is 0. The molecule has 0 bridgehead atoms. The molecule has 1 aromatic heterocycles. The zero-order chi connectivity index (χ0) is 12.8. The normalized spacial score (nSPS) is 18.1. The molecule has 0 spiro atoms. The lowest BCUT2D eigenvalue weighted by Gasteiger charge is -2.34. The Bertz CT molecular complexity index is 355. The van der Waals surface area contributed by atoms with E-state index in [2.05, 4.69) is 14.8 Å². The van der Waals surface area contributed by atoms with Crippen LogP contribution in [-0.4, -0.2) is 66.4 Å². The summed E-state index contributed by atoms with van der Waals surface area (Å²) in [5.74, 6) is 0.201. The van der Waals surface area contributed by atoms with Crippen LogP contribution in [0.4, 0.5) is 0 Å². The molecule has 3 N–H and O–H groups in total. The Kier molecular flexibility index (Phi) is 4.92. The van der Waals surface area contributed by atoms with Crippen molar-refractivity contribution in [1.82, 2.24) is 14.8 Å². The van der Waals surface area contributed by atoms with E-state index in [4.69, 9.17) is 5.73 Å². The highest BCUT2D eigenvalue weighted by molar-refractivity contribution is 5.97. The molecule has 1 aliphatic heterocycles. The van der Waals surface area contributed by atoms with Crippen LogP contribution >= 0.6 is 0 Å². The Balaban J connectivity index is 1.72. The molecule has 1 aromatic rings. The lowest BCUT2D eigenvalue weighted by atomic mass is 10.2. The van der Waals surface area contributed by atoms with Crippen LogP contribution < -0.4 is 5.73 Å². The van der Waals surface area contributed by atoms with Gasteiger partial charge >= 0.3 is 0 Å². The van der Waals surface area contributed by atoms with Crippen molar-refractivity contribution in [2.24, 2.45) is 5.73 Å². The summed E-state index contributed by atoms with van der Waals surface area (Å²) in [4.78, 5) is 19.5. The summed E-state index contributed by atoms with van der Waals surface area (Å²) >= 11 is 0. The fourth-order valence-electron chi connectivity index (χ4n) is 2.28. The predicted octanol–water partition coefficient (Wildman–Crippen LogP) is 0.164. The van der Waals surface area contributed by atoms with Crippen LogP contribution in [0, 0.1) is 0 Å². The molecular formula is C13H22N4O. The third-order valence-electron chi connectivity index (χ3n) is 3.43. The van der Waals surface area contributed by atoms with Gasteiger partial charge in [0, 0.05) is 44.1 Å². The molecule has 5 nitrogen and oxygen atoms in total. The number of aromatic amines is 1. The minimum Gasteiger partial charge on any atom is -0.367 e. The van der Waals surface area contributed by atoms with Crippen LogP contribution in [0.5, 0.6) is 0 Å². The zero-order valence-corrected chi connectivity index (χ0v) is 10.8. The van der Waals surface area contributed by atoms with E-state index < -0.39 is 0 Å². The average molecular weight is 250 g/mol. The van der Waals surface area contributed by atoms with Crippen LogP contribution in [0.25, 0.3) is 0 Å². The van der Waals surface area contributed by atoms with Gasteiger partial charge in [-0.3, -0.25) is 9.69 Å². The lowest BCUT2D eigenvalue weighted by molar-refractivity contribution is 0.0852. The molecule has 0 unspecified atom stereocenters. The van der Waals surface area contributed by atoms with Gasteiger partial charge in [0.2, 0.25) is 0 Å². The lowest BCUT2D eigenvalue weighted by Crippen LogP contribution is -2.48. The Labute approximate surface area is 108 Å². The predicted molar refractivity (Wildman–Crippen MR) is 71.7 cm³/mol. The summed E-state index contributed by atoms with van der Waals surface area (Å²) in [5.41, 5.74) is 6.29. The van der Waals surface area contributed by atoms with Gasteiger partial charge in [0.05, 0.1) is 6.54 Å². The number of aromatic nitrogens is 1. The molecule has 0 radical (unpaired) electrons. The number of nitrogens with one attached hydrogen (secondary N) is 1. The number of carbonyl (C=O) groups is 1. The van der Waals surface area contributed by atoms with Gasteiger partial charge in [0.1, 0.15) is 0 Å². The minimum absolute atomic E-state index is 0.201. The number of hydrogen-bond acceptors (Lipinski definition) is 4. The smallest absolute Gasteiger partial charge is 0.178 e. The third-order valence-corrected chi connectivity index (χ3v) is 3.43. The first-order valence-corrected chi connectivity index (χ1v) is 6.60. The molecule has 1 aliphatic rings. The molecule has 2 heterocycles. The number of ketones is 1.